The van der Waals surface area contributed by atoms with Crippen molar-refractivity contribution in [2.24, 2.45) is 0 Å². The molecular formula is C32H35F4N3O2. The van der Waals surface area contributed by atoms with Crippen molar-refractivity contribution in [2.45, 2.75) is 37.5 Å². The van der Waals surface area contributed by atoms with E-state index in [9.17, 15) is 27.5 Å². The molecule has 0 radical (unpaired) electrons. The van der Waals surface area contributed by atoms with Gasteiger partial charge in [-0.3, -0.25) is 4.79 Å². The van der Waals surface area contributed by atoms with Crippen molar-refractivity contribution < 1.29 is 27.5 Å². The molecule has 0 unspecified atom stereocenters. The minimum absolute atomic E-state index is 0.0389. The van der Waals surface area contributed by atoms with E-state index in [1.807, 2.05) is 18.2 Å². The van der Waals surface area contributed by atoms with Crippen molar-refractivity contribution in [2.75, 3.05) is 55.6 Å². The number of likely N-dealkylation sites (tertiary alicyclic amines) is 1. The molecule has 3 aromatic carbocycles. The SMILES string of the molecule is O=C(CCCN1CCC(O)(c2cccc(C(F)(F)F)c2)CC1)c1ccc(F)cc1N1CCN(c2ccccc2)CC1. The van der Waals surface area contributed by atoms with Gasteiger partial charge in [0.2, 0.25) is 0 Å². The topological polar surface area (TPSA) is 47.0 Å². The summed E-state index contributed by atoms with van der Waals surface area (Å²) in [5, 5.41) is 11.1. The fraction of sp³-hybridized carbons (Fsp3) is 0.406. The number of alkyl halides is 3. The number of benzene rings is 3. The van der Waals surface area contributed by atoms with Crippen LogP contribution in [0.25, 0.3) is 0 Å². The van der Waals surface area contributed by atoms with Crippen LogP contribution in [0.2, 0.25) is 0 Å². The highest BCUT2D eigenvalue weighted by atomic mass is 19.4. The molecular weight excluding hydrogens is 534 g/mol. The van der Waals surface area contributed by atoms with Crippen molar-refractivity contribution in [1.29, 1.82) is 0 Å². The van der Waals surface area contributed by atoms with Crippen molar-refractivity contribution in [3.8, 4) is 0 Å². The maximum Gasteiger partial charge on any atom is 0.416 e. The number of anilines is 2. The molecule has 3 aromatic rings. The monoisotopic (exact) mass is 569 g/mol. The van der Waals surface area contributed by atoms with E-state index in [0.717, 1.165) is 30.9 Å². The number of halogens is 4. The lowest BCUT2D eigenvalue weighted by Crippen LogP contribution is -2.47. The quantitative estimate of drug-likeness (QED) is 0.262. The normalized spacial score (nSPS) is 18.0. The summed E-state index contributed by atoms with van der Waals surface area (Å²) in [4.78, 5) is 19.7. The highest BCUT2D eigenvalue weighted by Crippen LogP contribution is 2.37. The summed E-state index contributed by atoms with van der Waals surface area (Å²) in [5.41, 5.74) is 0.525. The third-order valence-electron chi connectivity index (χ3n) is 8.29. The van der Waals surface area contributed by atoms with Gasteiger partial charge in [0.05, 0.1) is 16.9 Å². The van der Waals surface area contributed by atoms with Crippen LogP contribution in [0.15, 0.2) is 72.8 Å². The van der Waals surface area contributed by atoms with E-state index in [2.05, 4.69) is 26.8 Å². The van der Waals surface area contributed by atoms with Crippen molar-refractivity contribution in [1.82, 2.24) is 4.90 Å². The second-order valence-corrected chi connectivity index (χ2v) is 10.9. The summed E-state index contributed by atoms with van der Waals surface area (Å²) in [7, 11) is 0. The Hall–Kier alpha value is -3.43. The Morgan fingerprint density at radius 3 is 2.20 bits per heavy atom. The molecule has 2 saturated heterocycles. The molecule has 0 aromatic heterocycles. The Balaban J connectivity index is 1.14. The number of para-hydroxylation sites is 1. The van der Waals surface area contributed by atoms with Crippen LogP contribution in [0, 0.1) is 5.82 Å². The van der Waals surface area contributed by atoms with Gasteiger partial charge in [-0.1, -0.05) is 30.3 Å². The first-order valence-corrected chi connectivity index (χ1v) is 14.1. The molecule has 0 aliphatic carbocycles. The second-order valence-electron chi connectivity index (χ2n) is 10.9. The number of carbonyl (C=O) groups excluding carboxylic acids is 1. The predicted octanol–water partition coefficient (Wildman–Crippen LogP) is 6.12. The molecule has 5 rings (SSSR count). The number of Topliss-reactive ketones (excluding diaryl/α,β-unsaturated/α-hetero) is 1. The summed E-state index contributed by atoms with van der Waals surface area (Å²) in [6.07, 6.45) is -2.92. The molecule has 0 saturated carbocycles. The second kappa shape index (κ2) is 12.2. The number of ketones is 1. The van der Waals surface area contributed by atoms with Crippen LogP contribution in [0.3, 0.4) is 0 Å². The van der Waals surface area contributed by atoms with Gasteiger partial charge in [-0.05, 0) is 73.8 Å². The van der Waals surface area contributed by atoms with Crippen LogP contribution in [0.4, 0.5) is 28.9 Å². The van der Waals surface area contributed by atoms with E-state index in [-0.39, 0.29) is 17.2 Å². The lowest BCUT2D eigenvalue weighted by Gasteiger charge is -2.39. The van der Waals surface area contributed by atoms with Gasteiger partial charge in [0.25, 0.3) is 0 Å². The van der Waals surface area contributed by atoms with Gasteiger partial charge < -0.3 is 19.8 Å². The Morgan fingerprint density at radius 1 is 0.829 bits per heavy atom. The van der Waals surface area contributed by atoms with Crippen molar-refractivity contribution >= 4 is 17.2 Å². The Kier molecular flexibility index (Phi) is 8.66. The van der Waals surface area contributed by atoms with Crippen LogP contribution in [0.1, 0.15) is 47.2 Å². The van der Waals surface area contributed by atoms with E-state index < -0.39 is 17.3 Å². The molecule has 218 valence electrons. The average Bonchev–Trinajstić information content (AvgIpc) is 2.98. The maximum atomic E-state index is 14.2. The highest BCUT2D eigenvalue weighted by molar-refractivity contribution is 6.01. The summed E-state index contributed by atoms with van der Waals surface area (Å²) < 4.78 is 53.7. The van der Waals surface area contributed by atoms with Gasteiger partial charge in [-0.15, -0.1) is 0 Å². The molecule has 0 bridgehead atoms. The van der Waals surface area contributed by atoms with E-state index in [0.29, 0.717) is 69.7 Å². The zero-order valence-electron chi connectivity index (χ0n) is 22.9. The van der Waals surface area contributed by atoms with Crippen molar-refractivity contribution in [3.63, 3.8) is 0 Å². The van der Waals surface area contributed by atoms with Gasteiger partial charge >= 0.3 is 6.18 Å². The molecule has 2 aliphatic rings. The van der Waals surface area contributed by atoms with E-state index >= 15 is 0 Å². The number of rotatable bonds is 8. The molecule has 1 N–H and O–H groups in total. The van der Waals surface area contributed by atoms with Crippen LogP contribution in [-0.2, 0) is 11.8 Å². The summed E-state index contributed by atoms with van der Waals surface area (Å²) in [6, 6.07) is 19.4. The number of nitrogens with zero attached hydrogens (tertiary/aromatic N) is 3. The Bertz CT molecular complexity index is 1330. The molecule has 9 heteroatoms. The molecule has 2 heterocycles. The summed E-state index contributed by atoms with van der Waals surface area (Å²) in [6.45, 7) is 4.59. The van der Waals surface area contributed by atoms with E-state index in [1.165, 1.54) is 18.2 Å². The fourth-order valence-corrected chi connectivity index (χ4v) is 5.86. The fourth-order valence-electron chi connectivity index (χ4n) is 5.86. The predicted molar refractivity (Wildman–Crippen MR) is 152 cm³/mol. The Labute approximate surface area is 238 Å². The average molecular weight is 570 g/mol. The summed E-state index contributed by atoms with van der Waals surface area (Å²) >= 11 is 0. The molecule has 0 amide bonds. The summed E-state index contributed by atoms with van der Waals surface area (Å²) in [5.74, 6) is -0.411. The third-order valence-corrected chi connectivity index (χ3v) is 8.29. The van der Waals surface area contributed by atoms with E-state index in [4.69, 9.17) is 0 Å². The van der Waals surface area contributed by atoms with E-state index in [1.54, 1.807) is 12.1 Å². The lowest BCUT2D eigenvalue weighted by atomic mass is 9.83. The first-order chi connectivity index (χ1) is 19.6. The van der Waals surface area contributed by atoms with Gasteiger partial charge in [0.1, 0.15) is 5.82 Å². The molecule has 0 spiro atoms. The van der Waals surface area contributed by atoms with Crippen LogP contribution in [-0.4, -0.2) is 61.6 Å². The molecule has 2 fully saturated rings. The molecule has 0 atom stereocenters. The first-order valence-electron chi connectivity index (χ1n) is 14.1. The molecule has 5 nitrogen and oxygen atoms in total. The molecule has 2 aliphatic heterocycles. The number of carbonyl (C=O) groups is 1. The first kappa shape index (κ1) is 29.1. The number of hydrogen-bond acceptors (Lipinski definition) is 5. The molecule has 41 heavy (non-hydrogen) atoms. The standard InChI is InChI=1S/C32H35F4N3O2/c33-26-11-12-28(29(23-26)39-20-18-38(19-21-39)27-8-2-1-3-9-27)30(40)10-5-15-37-16-13-31(41,14-17-37)24-6-4-7-25(22-24)32(34,35)36/h1-4,6-9,11-12,22-23,41H,5,10,13-21H2. The minimum atomic E-state index is -4.46. The maximum absolute atomic E-state index is 14.2. The zero-order valence-corrected chi connectivity index (χ0v) is 22.9. The zero-order chi connectivity index (χ0) is 29.0. The third kappa shape index (κ3) is 6.90. The lowest BCUT2D eigenvalue weighted by molar-refractivity contribution is -0.137. The van der Waals surface area contributed by atoms with Gasteiger partial charge in [0, 0.05) is 56.9 Å². The highest BCUT2D eigenvalue weighted by Gasteiger charge is 2.37. The van der Waals surface area contributed by atoms with Crippen LogP contribution in [0.5, 0.6) is 0 Å². The smallest absolute Gasteiger partial charge is 0.385 e. The number of aliphatic hydroxyl groups is 1. The van der Waals surface area contributed by atoms with Crippen LogP contribution < -0.4 is 9.80 Å². The van der Waals surface area contributed by atoms with Gasteiger partial charge in [0.15, 0.2) is 5.78 Å². The number of hydrogen-bond donors (Lipinski definition) is 1. The number of piperidine rings is 1. The largest absolute Gasteiger partial charge is 0.416 e. The number of piperazine rings is 1. The van der Waals surface area contributed by atoms with Gasteiger partial charge in [-0.25, -0.2) is 4.39 Å². The van der Waals surface area contributed by atoms with Crippen LogP contribution >= 0.6 is 0 Å². The minimum Gasteiger partial charge on any atom is -0.385 e. The Morgan fingerprint density at radius 2 is 1.51 bits per heavy atom. The van der Waals surface area contributed by atoms with Crippen molar-refractivity contribution in [3.05, 3.63) is 95.3 Å². The van der Waals surface area contributed by atoms with Gasteiger partial charge in [-0.2, -0.15) is 13.2 Å².